The molecule has 0 radical (unpaired) electrons. The second-order valence-corrected chi connectivity index (χ2v) is 9.78. The molecular formula is C22H13Cl2IN2O2. The van der Waals surface area contributed by atoms with Gasteiger partial charge in [-0.1, -0.05) is 47.5 Å². The van der Waals surface area contributed by atoms with Crippen molar-refractivity contribution in [2.75, 3.05) is 0 Å². The van der Waals surface area contributed by atoms with Crippen LogP contribution in [-0.2, 0) is 0 Å². The Bertz CT molecular complexity index is 1430. The van der Waals surface area contributed by atoms with Crippen LogP contribution in [-0.4, -0.2) is 6.79 Å². The van der Waals surface area contributed by atoms with Crippen LogP contribution in [0.1, 0.15) is 11.1 Å². The number of halogens is 3. The Kier molecular flexibility index (Phi) is 4.49. The zero-order valence-electron chi connectivity index (χ0n) is 15.1. The lowest BCUT2D eigenvalue weighted by atomic mass is 9.97. The van der Waals surface area contributed by atoms with E-state index in [1.165, 1.54) is 6.20 Å². The number of benzene rings is 2. The molecule has 1 aliphatic heterocycles. The fourth-order valence-corrected chi connectivity index (χ4v) is 6.57. The number of rotatable bonds is 1. The first-order valence-electron chi connectivity index (χ1n) is 8.80. The predicted molar refractivity (Wildman–Crippen MR) is 127 cm³/mol. The largest absolute Gasteiger partial charge is 0.618 e. The van der Waals surface area contributed by atoms with E-state index in [2.05, 4.69) is 0 Å². The Hall–Kier alpha value is -2.22. The molecule has 2 aromatic carbocycles. The molecule has 0 unspecified atom stereocenters. The van der Waals surface area contributed by atoms with Gasteiger partial charge in [-0.15, -0.1) is 0 Å². The van der Waals surface area contributed by atoms with Gasteiger partial charge in [-0.05, 0) is 39.8 Å². The standard InChI is InChI=1S/C22H13Cl2IN2O2/c1-12-5-6-14(18(24)9-12)16-10-19(28)27-21-15(16)7-8-26(29)22(21)20-13(11-25-27)3-2-4-17(20)23/h2-11H,1H3. The smallest absolute Gasteiger partial charge is 0.260 e. The van der Waals surface area contributed by atoms with Gasteiger partial charge in [0.1, 0.15) is 5.52 Å². The Morgan fingerprint density at radius 2 is 1.86 bits per heavy atom. The van der Waals surface area contributed by atoms with Crippen molar-refractivity contribution < 1.29 is 4.73 Å². The molecule has 0 fully saturated rings. The number of nitrogens with zero attached hydrogens (tertiary/aromatic N) is 2. The summed E-state index contributed by atoms with van der Waals surface area (Å²) in [7, 11) is 0. The van der Waals surface area contributed by atoms with E-state index in [-0.39, 0.29) is 5.56 Å². The van der Waals surface area contributed by atoms with Crippen LogP contribution in [0.4, 0.5) is 0 Å². The fourth-order valence-electron chi connectivity index (χ4n) is 3.68. The van der Waals surface area contributed by atoms with Gasteiger partial charge in [-0.3, -0.25) is 4.79 Å². The van der Waals surface area contributed by atoms with E-state index >= 15 is 0 Å². The van der Waals surface area contributed by atoms with E-state index in [9.17, 15) is 10.0 Å². The first-order valence-corrected chi connectivity index (χ1v) is 11.8. The summed E-state index contributed by atoms with van der Waals surface area (Å²) in [6, 6.07) is 14.6. The minimum atomic E-state index is -0.820. The number of hydrogen-bond donors (Lipinski definition) is 0. The number of aryl methyl sites for hydroxylation is 1. The molecule has 29 heavy (non-hydrogen) atoms. The fraction of sp³-hybridized carbons (Fsp3) is 0.0455. The third kappa shape index (κ3) is 2.91. The highest BCUT2D eigenvalue weighted by atomic mass is 127. The zero-order valence-corrected chi connectivity index (χ0v) is 18.8. The summed E-state index contributed by atoms with van der Waals surface area (Å²) in [4.78, 5) is 13.1. The van der Waals surface area contributed by atoms with E-state index < -0.39 is 21.0 Å². The Balaban J connectivity index is 1.99. The van der Waals surface area contributed by atoms with Crippen molar-refractivity contribution in [3.63, 3.8) is 0 Å². The average molecular weight is 535 g/mol. The molecule has 0 aliphatic carbocycles. The molecule has 3 heterocycles. The third-order valence-corrected chi connectivity index (χ3v) is 8.08. The molecule has 0 bridgehead atoms. The molecule has 144 valence electrons. The molecule has 0 saturated carbocycles. The second-order valence-electron chi connectivity index (χ2n) is 6.82. The zero-order chi connectivity index (χ0) is 20.3. The molecule has 2 aromatic heterocycles. The lowest BCUT2D eigenvalue weighted by Crippen LogP contribution is -2.30. The van der Waals surface area contributed by atoms with E-state index in [4.69, 9.17) is 23.2 Å². The highest BCUT2D eigenvalue weighted by Gasteiger charge is 2.27. The number of pyridine rings is 2. The molecule has 4 aromatic rings. The number of fused-ring (bicyclic) bond motifs is 2. The van der Waals surface area contributed by atoms with Crippen molar-refractivity contribution in [1.29, 1.82) is 0 Å². The average Bonchev–Trinajstić information content (AvgIpc) is 2.86. The van der Waals surface area contributed by atoms with Crippen molar-refractivity contribution in [3.8, 4) is 22.4 Å². The molecule has 1 aliphatic rings. The van der Waals surface area contributed by atoms with Crippen molar-refractivity contribution in [1.82, 2.24) is 2.78 Å². The van der Waals surface area contributed by atoms with Gasteiger partial charge < -0.3 is 5.21 Å². The van der Waals surface area contributed by atoms with Crippen LogP contribution in [0.2, 0.25) is 10.0 Å². The maximum Gasteiger partial charge on any atom is 0.260 e. The molecular weight excluding hydrogens is 522 g/mol. The summed E-state index contributed by atoms with van der Waals surface area (Å²) >= 11 is 12.2. The highest BCUT2D eigenvalue weighted by molar-refractivity contribution is 14.2. The molecule has 0 saturated heterocycles. The Morgan fingerprint density at radius 1 is 1.03 bits per heavy atom. The summed E-state index contributed by atoms with van der Waals surface area (Å²) in [6.45, 7) is 1.96. The van der Waals surface area contributed by atoms with Gasteiger partial charge in [-0.25, -0.2) is 2.78 Å². The summed E-state index contributed by atoms with van der Waals surface area (Å²) in [5.74, 6) is 0. The van der Waals surface area contributed by atoms with Gasteiger partial charge in [0.05, 0.1) is 10.6 Å². The van der Waals surface area contributed by atoms with Crippen LogP contribution in [0.5, 0.6) is 0 Å². The van der Waals surface area contributed by atoms with Crippen LogP contribution in [0.25, 0.3) is 33.3 Å². The monoisotopic (exact) mass is 534 g/mol. The van der Waals surface area contributed by atoms with Crippen LogP contribution in [0.15, 0.2) is 59.5 Å². The lowest BCUT2D eigenvalue weighted by molar-refractivity contribution is -0.592. The maximum absolute atomic E-state index is 13.1. The first-order chi connectivity index (χ1) is 14.0. The minimum Gasteiger partial charge on any atom is -0.618 e. The molecule has 0 atom stereocenters. The van der Waals surface area contributed by atoms with Gasteiger partial charge in [0.15, 0.2) is 6.20 Å². The van der Waals surface area contributed by atoms with Crippen LogP contribution in [0.3, 0.4) is 0 Å². The normalized spacial score (nSPS) is 12.4. The SMILES string of the molecule is Cc1ccc(-c2cc(=O)n3c4c([n+]([O-])ccc24)-c2c(Cl)cccc2C=I3)c(Cl)c1. The van der Waals surface area contributed by atoms with Gasteiger partial charge in [0.25, 0.3) is 11.3 Å². The van der Waals surface area contributed by atoms with Crippen molar-refractivity contribution >= 4 is 59.1 Å². The highest BCUT2D eigenvalue weighted by Crippen LogP contribution is 2.40. The van der Waals surface area contributed by atoms with E-state index in [0.717, 1.165) is 26.8 Å². The third-order valence-electron chi connectivity index (χ3n) is 4.99. The van der Waals surface area contributed by atoms with Crippen LogP contribution >= 0.6 is 44.2 Å². The maximum atomic E-state index is 13.1. The molecule has 4 nitrogen and oxygen atoms in total. The number of aromatic nitrogens is 2. The van der Waals surface area contributed by atoms with Gasteiger partial charge in [-0.2, -0.15) is 4.73 Å². The first kappa shape index (κ1) is 18.8. The van der Waals surface area contributed by atoms with Gasteiger partial charge in [0.2, 0.25) is 0 Å². The topological polar surface area (TPSA) is 48.9 Å². The summed E-state index contributed by atoms with van der Waals surface area (Å²) in [5.41, 5.74) is 4.91. The molecule has 0 N–H and O–H groups in total. The van der Waals surface area contributed by atoms with Gasteiger partial charge in [0, 0.05) is 49.1 Å². The van der Waals surface area contributed by atoms with Crippen molar-refractivity contribution in [2.24, 2.45) is 0 Å². The summed E-state index contributed by atoms with van der Waals surface area (Å²) < 4.78 is 4.55. The van der Waals surface area contributed by atoms with Crippen molar-refractivity contribution in [2.45, 2.75) is 6.92 Å². The second kappa shape index (κ2) is 6.93. The number of hydrogen-bond acceptors (Lipinski definition) is 2. The molecule has 0 spiro atoms. The van der Waals surface area contributed by atoms with Crippen LogP contribution in [0, 0.1) is 12.1 Å². The van der Waals surface area contributed by atoms with Crippen molar-refractivity contribution in [3.05, 3.63) is 91.5 Å². The molecule has 0 amide bonds. The lowest BCUT2D eigenvalue weighted by Gasteiger charge is -2.15. The Morgan fingerprint density at radius 3 is 2.66 bits per heavy atom. The van der Waals surface area contributed by atoms with Crippen LogP contribution < -0.4 is 10.3 Å². The van der Waals surface area contributed by atoms with Gasteiger partial charge >= 0.3 is 0 Å². The predicted octanol–water partition coefficient (Wildman–Crippen LogP) is 5.48. The quantitative estimate of drug-likeness (QED) is 0.162. The van der Waals surface area contributed by atoms with E-state index in [1.807, 2.05) is 41.3 Å². The van der Waals surface area contributed by atoms with E-state index in [0.29, 0.717) is 32.4 Å². The summed E-state index contributed by atoms with van der Waals surface area (Å²) in [6.07, 6.45) is 1.47. The minimum absolute atomic E-state index is 0.149. The molecule has 5 rings (SSSR count). The summed E-state index contributed by atoms with van der Waals surface area (Å²) in [5, 5.41) is 14.8. The molecule has 7 heteroatoms. The Labute approximate surface area is 186 Å². The van der Waals surface area contributed by atoms with E-state index in [1.54, 1.807) is 21.0 Å².